The maximum absolute atomic E-state index is 13.3. The van der Waals surface area contributed by atoms with Gasteiger partial charge in [-0.15, -0.1) is 11.3 Å². The van der Waals surface area contributed by atoms with Gasteiger partial charge in [-0.1, -0.05) is 30.3 Å². The van der Waals surface area contributed by atoms with Crippen molar-refractivity contribution in [3.8, 4) is 22.8 Å². The highest BCUT2D eigenvalue weighted by Crippen LogP contribution is 2.45. The summed E-state index contributed by atoms with van der Waals surface area (Å²) in [7, 11) is 2.62. The fourth-order valence-electron chi connectivity index (χ4n) is 4.65. The van der Waals surface area contributed by atoms with Crippen LogP contribution in [-0.4, -0.2) is 47.0 Å². The Hall–Kier alpha value is -4.05. The monoisotopic (exact) mass is 509 g/mol. The van der Waals surface area contributed by atoms with Crippen molar-refractivity contribution in [1.29, 1.82) is 0 Å². The standard InChI is InChI=1S/C26H27N3O6S/c1-14-20(23(32)34-3)21(15-8-6-5-7-9-15)22(24(33)35-4)26(2,28-14)29-25-27-17(13-36-25)16-10-11-18(30)19(31)12-16/h5-13,21-22,28,30-31H,1-4H3,(H,27,29). The van der Waals surface area contributed by atoms with Crippen LogP contribution in [0.15, 0.2) is 65.2 Å². The molecule has 0 saturated carbocycles. The smallest absolute Gasteiger partial charge is 0.336 e. The molecule has 10 heteroatoms. The molecule has 0 fully saturated rings. The highest BCUT2D eigenvalue weighted by Gasteiger charge is 2.52. The van der Waals surface area contributed by atoms with Crippen molar-refractivity contribution in [2.24, 2.45) is 5.92 Å². The van der Waals surface area contributed by atoms with E-state index >= 15 is 0 Å². The molecule has 3 atom stereocenters. The minimum atomic E-state index is -1.10. The Bertz CT molecular complexity index is 1320. The number of carbonyl (C=O) groups is 2. The summed E-state index contributed by atoms with van der Waals surface area (Å²) in [5.74, 6) is -3.04. The summed E-state index contributed by atoms with van der Waals surface area (Å²) >= 11 is 1.31. The molecular weight excluding hydrogens is 482 g/mol. The molecule has 1 aromatic heterocycles. The lowest BCUT2D eigenvalue weighted by Crippen LogP contribution is -2.62. The minimum Gasteiger partial charge on any atom is -0.504 e. The van der Waals surface area contributed by atoms with E-state index in [9.17, 15) is 19.8 Å². The van der Waals surface area contributed by atoms with Gasteiger partial charge in [-0.05, 0) is 37.6 Å². The molecule has 0 spiro atoms. The first-order chi connectivity index (χ1) is 17.2. The number of hydrogen-bond donors (Lipinski definition) is 4. The van der Waals surface area contributed by atoms with Crippen LogP contribution in [0.4, 0.5) is 5.13 Å². The lowest BCUT2D eigenvalue weighted by molar-refractivity contribution is -0.149. The van der Waals surface area contributed by atoms with Crippen LogP contribution in [0.25, 0.3) is 11.3 Å². The van der Waals surface area contributed by atoms with Gasteiger partial charge in [0.15, 0.2) is 16.6 Å². The Labute approximate surface area is 212 Å². The number of ether oxygens (including phenoxy) is 2. The van der Waals surface area contributed by atoms with E-state index in [-0.39, 0.29) is 11.5 Å². The predicted molar refractivity (Wildman–Crippen MR) is 135 cm³/mol. The van der Waals surface area contributed by atoms with Crippen LogP contribution in [0.1, 0.15) is 25.3 Å². The largest absolute Gasteiger partial charge is 0.504 e. The van der Waals surface area contributed by atoms with Gasteiger partial charge in [-0.2, -0.15) is 0 Å². The maximum Gasteiger partial charge on any atom is 0.336 e. The van der Waals surface area contributed by atoms with E-state index in [2.05, 4.69) is 15.6 Å². The molecule has 0 aliphatic carbocycles. The number of carbonyl (C=O) groups excluding carboxylic acids is 2. The highest BCUT2D eigenvalue weighted by atomic mass is 32.1. The van der Waals surface area contributed by atoms with E-state index in [0.717, 1.165) is 5.56 Å². The number of aromatic nitrogens is 1. The van der Waals surface area contributed by atoms with E-state index < -0.39 is 29.4 Å². The number of aromatic hydroxyl groups is 2. The van der Waals surface area contributed by atoms with Crippen molar-refractivity contribution in [2.45, 2.75) is 25.4 Å². The fourth-order valence-corrected chi connectivity index (χ4v) is 5.49. The van der Waals surface area contributed by atoms with Gasteiger partial charge in [0.05, 0.1) is 25.5 Å². The second-order valence-corrected chi connectivity index (χ2v) is 9.47. The van der Waals surface area contributed by atoms with Crippen LogP contribution in [0, 0.1) is 5.92 Å². The third-order valence-electron chi connectivity index (χ3n) is 6.28. The summed E-state index contributed by atoms with van der Waals surface area (Å²) in [5.41, 5.74) is 1.77. The maximum atomic E-state index is 13.3. The van der Waals surface area contributed by atoms with Gasteiger partial charge >= 0.3 is 11.9 Å². The molecule has 0 amide bonds. The number of thiazole rings is 1. The molecule has 4 rings (SSSR count). The molecule has 36 heavy (non-hydrogen) atoms. The summed E-state index contributed by atoms with van der Waals surface area (Å²) in [4.78, 5) is 30.7. The van der Waals surface area contributed by atoms with Crippen molar-refractivity contribution < 1.29 is 29.3 Å². The molecule has 3 unspecified atom stereocenters. The van der Waals surface area contributed by atoms with Crippen molar-refractivity contribution in [2.75, 3.05) is 19.5 Å². The van der Waals surface area contributed by atoms with Crippen LogP contribution >= 0.6 is 11.3 Å². The predicted octanol–water partition coefficient (Wildman–Crippen LogP) is 3.97. The Morgan fingerprint density at radius 2 is 1.81 bits per heavy atom. The summed E-state index contributed by atoms with van der Waals surface area (Å²) in [5, 5.41) is 28.4. The zero-order valence-electron chi connectivity index (χ0n) is 20.2. The van der Waals surface area contributed by atoms with Crippen molar-refractivity contribution in [3.63, 3.8) is 0 Å². The van der Waals surface area contributed by atoms with Gasteiger partial charge in [0, 0.05) is 22.6 Å². The molecule has 188 valence electrons. The van der Waals surface area contributed by atoms with E-state index in [1.54, 1.807) is 18.4 Å². The number of nitrogens with one attached hydrogen (secondary N) is 2. The summed E-state index contributed by atoms with van der Waals surface area (Å²) in [6, 6.07) is 13.7. The van der Waals surface area contributed by atoms with Gasteiger partial charge in [0.1, 0.15) is 11.6 Å². The Morgan fingerprint density at radius 1 is 1.08 bits per heavy atom. The SMILES string of the molecule is COC(=O)C1=C(C)NC(C)(Nc2nc(-c3ccc(O)c(O)c3)cs2)C(C(=O)OC)C1c1ccccc1. The van der Waals surface area contributed by atoms with Crippen molar-refractivity contribution >= 4 is 28.4 Å². The number of hydrogen-bond acceptors (Lipinski definition) is 10. The number of nitrogens with zero attached hydrogens (tertiary/aromatic N) is 1. The quantitative estimate of drug-likeness (QED) is 0.288. The highest BCUT2D eigenvalue weighted by molar-refractivity contribution is 7.14. The number of benzene rings is 2. The molecule has 2 heterocycles. The van der Waals surface area contributed by atoms with E-state index in [1.807, 2.05) is 37.3 Å². The number of rotatable bonds is 6. The minimum absolute atomic E-state index is 0.220. The summed E-state index contributed by atoms with van der Waals surface area (Å²) < 4.78 is 10.3. The second-order valence-electron chi connectivity index (χ2n) is 8.61. The molecule has 3 aromatic rings. The van der Waals surface area contributed by atoms with E-state index in [0.29, 0.717) is 27.7 Å². The number of allylic oxidation sites excluding steroid dienone is 1. The number of phenolic OH excluding ortho intramolecular Hbond substituents is 2. The Morgan fingerprint density at radius 3 is 2.44 bits per heavy atom. The van der Waals surface area contributed by atoms with E-state index in [1.165, 1.54) is 37.7 Å². The van der Waals surface area contributed by atoms with Gasteiger partial charge < -0.3 is 30.3 Å². The first kappa shape index (κ1) is 25.1. The molecule has 1 aliphatic heterocycles. The first-order valence-electron chi connectivity index (χ1n) is 11.1. The van der Waals surface area contributed by atoms with Gasteiger partial charge in [0.25, 0.3) is 0 Å². The lowest BCUT2D eigenvalue weighted by atomic mass is 9.71. The van der Waals surface area contributed by atoms with Crippen molar-refractivity contribution in [3.05, 3.63) is 70.7 Å². The number of phenols is 2. The van der Waals surface area contributed by atoms with Crippen LogP contribution < -0.4 is 10.6 Å². The van der Waals surface area contributed by atoms with Gasteiger partial charge in [0.2, 0.25) is 0 Å². The number of esters is 2. The zero-order valence-corrected chi connectivity index (χ0v) is 21.1. The van der Waals surface area contributed by atoms with Gasteiger partial charge in [-0.3, -0.25) is 4.79 Å². The molecule has 4 N–H and O–H groups in total. The molecule has 2 aromatic carbocycles. The zero-order chi connectivity index (χ0) is 26.0. The third-order valence-corrected chi connectivity index (χ3v) is 7.04. The normalized spacial score (nSPS) is 21.4. The second kappa shape index (κ2) is 9.90. The van der Waals surface area contributed by atoms with Crippen LogP contribution in [0.5, 0.6) is 11.5 Å². The lowest BCUT2D eigenvalue weighted by Gasteiger charge is -2.46. The Kier molecular flexibility index (Phi) is 6.89. The average molecular weight is 510 g/mol. The molecule has 1 aliphatic rings. The number of methoxy groups -OCH3 is 2. The van der Waals surface area contributed by atoms with Gasteiger partial charge in [-0.25, -0.2) is 9.78 Å². The van der Waals surface area contributed by atoms with Crippen LogP contribution in [-0.2, 0) is 19.1 Å². The average Bonchev–Trinajstić information content (AvgIpc) is 3.32. The molecule has 0 radical (unpaired) electrons. The molecular formula is C26H27N3O6S. The Balaban J connectivity index is 1.78. The topological polar surface area (TPSA) is 130 Å². The van der Waals surface area contributed by atoms with Crippen molar-refractivity contribution in [1.82, 2.24) is 10.3 Å². The first-order valence-corrected chi connectivity index (χ1v) is 12.0. The fraction of sp³-hybridized carbons (Fsp3) is 0.269. The molecule has 9 nitrogen and oxygen atoms in total. The van der Waals surface area contributed by atoms with Crippen LogP contribution in [0.3, 0.4) is 0 Å². The van der Waals surface area contributed by atoms with E-state index in [4.69, 9.17) is 9.47 Å². The third kappa shape index (κ3) is 4.59. The summed E-state index contributed by atoms with van der Waals surface area (Å²) in [6.07, 6.45) is 0. The molecule has 0 bridgehead atoms. The summed E-state index contributed by atoms with van der Waals surface area (Å²) in [6.45, 7) is 3.58. The molecule has 0 saturated heterocycles. The number of anilines is 1. The van der Waals surface area contributed by atoms with Crippen LogP contribution in [0.2, 0.25) is 0 Å².